The molecule has 2 nitrogen and oxygen atoms in total. The first kappa shape index (κ1) is 14.7. The Labute approximate surface area is 126 Å². The predicted molar refractivity (Wildman–Crippen MR) is 89.9 cm³/mol. The molecule has 0 aliphatic heterocycles. The summed E-state index contributed by atoms with van der Waals surface area (Å²) < 4.78 is 0. The van der Waals surface area contributed by atoms with Crippen molar-refractivity contribution in [3.63, 3.8) is 0 Å². The van der Waals surface area contributed by atoms with E-state index in [1.807, 2.05) is 54.3 Å². The van der Waals surface area contributed by atoms with Crippen molar-refractivity contribution in [2.24, 2.45) is 0 Å². The lowest BCUT2D eigenvalue weighted by molar-refractivity contribution is 0.476. The highest BCUT2D eigenvalue weighted by Crippen LogP contribution is 2.36. The maximum Gasteiger partial charge on any atom is 0.139 e. The van der Waals surface area contributed by atoms with Gasteiger partial charge in [0.05, 0.1) is 5.69 Å². The van der Waals surface area contributed by atoms with Crippen LogP contribution in [0.5, 0.6) is 5.75 Å². The van der Waals surface area contributed by atoms with Crippen molar-refractivity contribution in [2.75, 3.05) is 4.90 Å². The van der Waals surface area contributed by atoms with E-state index in [9.17, 15) is 5.11 Å². The van der Waals surface area contributed by atoms with Crippen molar-refractivity contribution in [2.45, 2.75) is 6.92 Å². The Kier molecular flexibility index (Phi) is 4.62. The van der Waals surface area contributed by atoms with Crippen molar-refractivity contribution in [3.8, 4) is 5.75 Å². The fourth-order valence-electron chi connectivity index (χ4n) is 2.13. The minimum atomic E-state index is 0.217. The number of rotatable bonds is 5. The molecular weight excluding hydrogens is 258 g/mol. The zero-order chi connectivity index (χ0) is 15.2. The summed E-state index contributed by atoms with van der Waals surface area (Å²) in [6, 6.07) is 15.3. The van der Waals surface area contributed by atoms with Gasteiger partial charge in [-0.05, 0) is 43.3 Å². The molecule has 2 heteroatoms. The van der Waals surface area contributed by atoms with Crippen LogP contribution in [-0.2, 0) is 0 Å². The van der Waals surface area contributed by atoms with E-state index in [1.165, 1.54) is 5.56 Å². The third kappa shape index (κ3) is 3.23. The maximum atomic E-state index is 10.2. The Morgan fingerprint density at radius 2 is 1.71 bits per heavy atom. The molecule has 0 spiro atoms. The Hall–Kier alpha value is -2.74. The molecule has 0 unspecified atom stereocenters. The van der Waals surface area contributed by atoms with Gasteiger partial charge >= 0.3 is 0 Å². The van der Waals surface area contributed by atoms with Gasteiger partial charge in [0.25, 0.3) is 0 Å². The maximum absolute atomic E-state index is 10.2. The number of aryl methyl sites for hydroxylation is 1. The second kappa shape index (κ2) is 6.62. The van der Waals surface area contributed by atoms with E-state index in [2.05, 4.69) is 13.2 Å². The first-order valence-electron chi connectivity index (χ1n) is 6.77. The number of phenols is 1. The summed E-state index contributed by atoms with van der Waals surface area (Å²) in [4.78, 5) is 1.95. The molecule has 2 aromatic rings. The van der Waals surface area contributed by atoms with Gasteiger partial charge in [0, 0.05) is 11.4 Å². The molecule has 1 N–H and O–H groups in total. The number of anilines is 2. The summed E-state index contributed by atoms with van der Waals surface area (Å²) in [6.07, 6.45) is 5.31. The third-order valence-electron chi connectivity index (χ3n) is 3.17. The number of hydrogen-bond acceptors (Lipinski definition) is 2. The highest BCUT2D eigenvalue weighted by molar-refractivity contribution is 5.74. The molecule has 0 saturated heterocycles. The van der Waals surface area contributed by atoms with Crippen LogP contribution in [0.15, 0.2) is 85.6 Å². The molecule has 0 fully saturated rings. The molecule has 0 heterocycles. The zero-order valence-electron chi connectivity index (χ0n) is 12.2. The minimum absolute atomic E-state index is 0.217. The molecule has 0 aromatic heterocycles. The van der Waals surface area contributed by atoms with Crippen LogP contribution in [0.4, 0.5) is 11.4 Å². The van der Waals surface area contributed by atoms with Crippen molar-refractivity contribution >= 4 is 11.4 Å². The smallest absolute Gasteiger partial charge is 0.139 e. The standard InChI is InChI=1S/C19H19NO/c1-4-8-16(5-2)20(17-13-11-15(3)12-14-17)18-9-6-7-10-19(18)21/h4-14,21H,1-2H2,3H3/b16-8+. The summed E-state index contributed by atoms with van der Waals surface area (Å²) in [5.74, 6) is 0.217. The molecule has 0 radical (unpaired) electrons. The van der Waals surface area contributed by atoms with Gasteiger partial charge in [-0.3, -0.25) is 0 Å². The second-order valence-electron chi connectivity index (χ2n) is 4.69. The highest BCUT2D eigenvalue weighted by atomic mass is 16.3. The summed E-state index contributed by atoms with van der Waals surface area (Å²) in [6.45, 7) is 9.64. The van der Waals surface area contributed by atoms with Crippen LogP contribution in [-0.4, -0.2) is 5.11 Å². The van der Waals surface area contributed by atoms with Gasteiger partial charge in [0.15, 0.2) is 0 Å². The molecule has 0 aliphatic rings. The van der Waals surface area contributed by atoms with Crippen molar-refractivity contribution in [1.29, 1.82) is 0 Å². The van der Waals surface area contributed by atoms with E-state index in [0.29, 0.717) is 5.69 Å². The first-order chi connectivity index (χ1) is 10.2. The first-order valence-corrected chi connectivity index (χ1v) is 6.77. The van der Waals surface area contributed by atoms with Crippen LogP contribution < -0.4 is 4.90 Å². The average molecular weight is 277 g/mol. The number of phenolic OH excluding ortho intramolecular Hbond substituents is 1. The van der Waals surface area contributed by atoms with Gasteiger partial charge in [0.2, 0.25) is 0 Å². The molecule has 0 amide bonds. The molecular formula is C19H19NO. The van der Waals surface area contributed by atoms with Crippen LogP contribution in [0, 0.1) is 6.92 Å². The molecule has 2 aromatic carbocycles. The molecule has 21 heavy (non-hydrogen) atoms. The van der Waals surface area contributed by atoms with Crippen molar-refractivity contribution in [3.05, 3.63) is 91.2 Å². The van der Waals surface area contributed by atoms with E-state index in [-0.39, 0.29) is 5.75 Å². The van der Waals surface area contributed by atoms with Gasteiger partial charge < -0.3 is 10.0 Å². The topological polar surface area (TPSA) is 23.5 Å². The molecule has 106 valence electrons. The monoisotopic (exact) mass is 277 g/mol. The van der Waals surface area contributed by atoms with E-state index in [4.69, 9.17) is 0 Å². The number of hydrogen-bond donors (Lipinski definition) is 1. The normalized spacial score (nSPS) is 11.0. The van der Waals surface area contributed by atoms with Gasteiger partial charge in [0.1, 0.15) is 5.75 Å². The summed E-state index contributed by atoms with van der Waals surface area (Å²) in [5, 5.41) is 10.2. The fourth-order valence-corrected chi connectivity index (χ4v) is 2.13. The van der Waals surface area contributed by atoms with Gasteiger partial charge in [-0.25, -0.2) is 0 Å². The van der Waals surface area contributed by atoms with Crippen LogP contribution in [0.25, 0.3) is 0 Å². The third-order valence-corrected chi connectivity index (χ3v) is 3.17. The van der Waals surface area contributed by atoms with Crippen LogP contribution in [0.3, 0.4) is 0 Å². The van der Waals surface area contributed by atoms with Crippen LogP contribution >= 0.6 is 0 Å². The number of allylic oxidation sites excluding steroid dienone is 3. The largest absolute Gasteiger partial charge is 0.506 e. The van der Waals surface area contributed by atoms with E-state index in [0.717, 1.165) is 11.4 Å². The minimum Gasteiger partial charge on any atom is -0.506 e. The second-order valence-corrected chi connectivity index (χ2v) is 4.69. The van der Waals surface area contributed by atoms with Crippen LogP contribution in [0.2, 0.25) is 0 Å². The fraction of sp³-hybridized carbons (Fsp3) is 0.0526. The van der Waals surface area contributed by atoms with Gasteiger partial charge in [-0.2, -0.15) is 0 Å². The lowest BCUT2D eigenvalue weighted by Crippen LogP contribution is -2.15. The number of para-hydroxylation sites is 2. The predicted octanol–water partition coefficient (Wildman–Crippen LogP) is 5.09. The number of nitrogens with zero attached hydrogens (tertiary/aromatic N) is 1. The highest BCUT2D eigenvalue weighted by Gasteiger charge is 2.15. The Balaban J connectivity index is 2.62. The van der Waals surface area contributed by atoms with Gasteiger partial charge in [-0.1, -0.05) is 49.1 Å². The van der Waals surface area contributed by atoms with Crippen LogP contribution in [0.1, 0.15) is 5.56 Å². The summed E-state index contributed by atoms with van der Waals surface area (Å²) >= 11 is 0. The molecule has 0 bridgehead atoms. The zero-order valence-corrected chi connectivity index (χ0v) is 12.2. The SMILES string of the molecule is C=C/C=C(\C=C)N(c1ccc(C)cc1)c1ccccc1O. The van der Waals surface area contributed by atoms with E-state index >= 15 is 0 Å². The quantitative estimate of drug-likeness (QED) is 0.769. The summed E-state index contributed by atoms with van der Waals surface area (Å²) in [7, 11) is 0. The number of aromatic hydroxyl groups is 1. The Morgan fingerprint density at radius 1 is 1.05 bits per heavy atom. The lowest BCUT2D eigenvalue weighted by Gasteiger charge is -2.26. The molecule has 0 aliphatic carbocycles. The average Bonchev–Trinajstić information content (AvgIpc) is 2.50. The Bertz CT molecular complexity index is 668. The van der Waals surface area contributed by atoms with Gasteiger partial charge in [-0.15, -0.1) is 0 Å². The Morgan fingerprint density at radius 3 is 2.29 bits per heavy atom. The summed E-state index contributed by atoms with van der Waals surface area (Å²) in [5.41, 5.74) is 3.68. The van der Waals surface area contributed by atoms with E-state index in [1.54, 1.807) is 24.3 Å². The van der Waals surface area contributed by atoms with Crippen molar-refractivity contribution < 1.29 is 5.11 Å². The lowest BCUT2D eigenvalue weighted by atomic mass is 10.1. The number of benzene rings is 2. The molecule has 0 saturated carbocycles. The molecule has 0 atom stereocenters. The van der Waals surface area contributed by atoms with E-state index < -0.39 is 0 Å². The van der Waals surface area contributed by atoms with Crippen molar-refractivity contribution in [1.82, 2.24) is 0 Å². The molecule has 2 rings (SSSR count).